The van der Waals surface area contributed by atoms with Crippen molar-refractivity contribution in [2.45, 2.75) is 30.8 Å². The molecule has 0 aromatic heterocycles. The number of sulfonamides is 1. The molecule has 0 aliphatic carbocycles. The predicted molar refractivity (Wildman–Crippen MR) is 112 cm³/mol. The monoisotopic (exact) mass is 435 g/mol. The van der Waals surface area contributed by atoms with E-state index < -0.39 is 16.1 Å². The molecule has 30 heavy (non-hydrogen) atoms. The molecule has 1 aliphatic heterocycles. The molecule has 162 valence electrons. The fraction of sp³-hybridized carbons (Fsp3) is 0.381. The third-order valence-electron chi connectivity index (χ3n) is 4.99. The Kier molecular flexibility index (Phi) is 7.19. The maximum atomic E-state index is 13.9. The molecule has 2 aromatic carbocycles. The van der Waals surface area contributed by atoms with Crippen LogP contribution in [0.15, 0.2) is 53.4 Å². The molecule has 1 amide bonds. The summed E-state index contributed by atoms with van der Waals surface area (Å²) in [5.74, 6) is -0.635. The maximum Gasteiger partial charge on any atom is 0.243 e. The first kappa shape index (κ1) is 22.4. The van der Waals surface area contributed by atoms with Crippen LogP contribution in [0, 0.1) is 5.82 Å². The second-order valence-electron chi connectivity index (χ2n) is 7.16. The molecule has 1 fully saturated rings. The number of halogens is 1. The Morgan fingerprint density at radius 2 is 1.70 bits per heavy atom. The smallest absolute Gasteiger partial charge is 0.243 e. The second-order valence-corrected chi connectivity index (χ2v) is 9.10. The molecule has 2 unspecified atom stereocenters. The number of nitrogens with zero attached hydrogens (tertiary/aromatic N) is 1. The van der Waals surface area contributed by atoms with Crippen molar-refractivity contribution in [2.24, 2.45) is 0 Å². The van der Waals surface area contributed by atoms with Crippen LogP contribution in [0.25, 0.3) is 0 Å². The summed E-state index contributed by atoms with van der Waals surface area (Å²) in [6.45, 7) is 4.87. The van der Waals surface area contributed by atoms with E-state index >= 15 is 0 Å². The van der Waals surface area contributed by atoms with Crippen molar-refractivity contribution >= 4 is 21.6 Å². The van der Waals surface area contributed by atoms with Crippen LogP contribution in [0.1, 0.15) is 25.5 Å². The van der Waals surface area contributed by atoms with E-state index in [0.29, 0.717) is 37.6 Å². The van der Waals surface area contributed by atoms with Gasteiger partial charge in [-0.2, -0.15) is 4.31 Å². The van der Waals surface area contributed by atoms with Crippen LogP contribution in [-0.4, -0.2) is 51.0 Å². The number of carbonyl (C=O) groups excluding carboxylic acids is 1. The summed E-state index contributed by atoms with van der Waals surface area (Å²) < 4.78 is 45.8. The Labute approximate surface area is 176 Å². The van der Waals surface area contributed by atoms with Crippen molar-refractivity contribution < 1.29 is 22.3 Å². The van der Waals surface area contributed by atoms with Crippen molar-refractivity contribution in [1.82, 2.24) is 9.62 Å². The normalized spacial score (nSPS) is 17.3. The molecule has 2 N–H and O–H groups in total. The Hall–Kier alpha value is -2.33. The van der Waals surface area contributed by atoms with E-state index in [9.17, 15) is 17.6 Å². The van der Waals surface area contributed by atoms with Gasteiger partial charge in [0.25, 0.3) is 0 Å². The lowest BCUT2D eigenvalue weighted by atomic mass is 10.1. The predicted octanol–water partition coefficient (Wildman–Crippen LogP) is 2.52. The van der Waals surface area contributed by atoms with Crippen LogP contribution >= 0.6 is 0 Å². The van der Waals surface area contributed by atoms with Crippen LogP contribution in [0.2, 0.25) is 0 Å². The lowest BCUT2D eigenvalue weighted by Gasteiger charge is -2.26. The molecule has 7 nitrogen and oxygen atoms in total. The molecule has 0 bridgehead atoms. The fourth-order valence-electron chi connectivity index (χ4n) is 3.26. The van der Waals surface area contributed by atoms with E-state index in [2.05, 4.69) is 10.6 Å². The topological polar surface area (TPSA) is 87.7 Å². The summed E-state index contributed by atoms with van der Waals surface area (Å²) in [7, 11) is -3.58. The molecular weight excluding hydrogens is 409 g/mol. The summed E-state index contributed by atoms with van der Waals surface area (Å²) in [5, 5.41) is 5.82. The number of benzene rings is 2. The standard InChI is InChI=1S/C21H26FN3O4S/c1-15(19-5-3-4-6-20(19)22)23-16(2)21(26)24-17-7-9-18(10-8-17)30(27,28)25-11-13-29-14-12-25/h3-10,15-16,23H,11-14H2,1-2H3,(H,24,26). The minimum Gasteiger partial charge on any atom is -0.379 e. The van der Waals surface area contributed by atoms with E-state index in [0.717, 1.165) is 0 Å². The third-order valence-corrected chi connectivity index (χ3v) is 6.91. The first-order chi connectivity index (χ1) is 14.3. The van der Waals surface area contributed by atoms with Crippen LogP contribution < -0.4 is 10.6 Å². The van der Waals surface area contributed by atoms with Crippen LogP contribution in [0.3, 0.4) is 0 Å². The van der Waals surface area contributed by atoms with E-state index in [-0.39, 0.29) is 22.7 Å². The molecule has 1 heterocycles. The van der Waals surface area contributed by atoms with E-state index in [4.69, 9.17) is 4.74 Å². The summed E-state index contributed by atoms with van der Waals surface area (Å²) in [6, 6.07) is 11.5. The van der Waals surface area contributed by atoms with Gasteiger partial charge in [-0.05, 0) is 44.2 Å². The third kappa shape index (κ3) is 5.23. The van der Waals surface area contributed by atoms with Gasteiger partial charge in [-0.15, -0.1) is 0 Å². The van der Waals surface area contributed by atoms with Crippen molar-refractivity contribution in [3.05, 3.63) is 59.9 Å². The Morgan fingerprint density at radius 1 is 1.07 bits per heavy atom. The summed E-state index contributed by atoms with van der Waals surface area (Å²) in [4.78, 5) is 12.7. The number of carbonyl (C=O) groups is 1. The highest BCUT2D eigenvalue weighted by Gasteiger charge is 2.26. The molecule has 1 saturated heterocycles. The highest BCUT2D eigenvalue weighted by atomic mass is 32.2. The number of ether oxygens (including phenoxy) is 1. The summed E-state index contributed by atoms with van der Waals surface area (Å²) in [5.41, 5.74) is 0.961. The number of nitrogens with one attached hydrogen (secondary N) is 2. The van der Waals surface area contributed by atoms with Gasteiger partial charge in [0.05, 0.1) is 24.2 Å². The lowest BCUT2D eigenvalue weighted by molar-refractivity contribution is -0.117. The maximum absolute atomic E-state index is 13.9. The van der Waals surface area contributed by atoms with Crippen LogP contribution in [0.4, 0.5) is 10.1 Å². The molecule has 0 spiro atoms. The van der Waals surface area contributed by atoms with Crippen molar-refractivity contribution in [2.75, 3.05) is 31.6 Å². The Bertz CT molecular complexity index is 976. The minimum atomic E-state index is -3.58. The van der Waals surface area contributed by atoms with Crippen molar-refractivity contribution in [1.29, 1.82) is 0 Å². The van der Waals surface area contributed by atoms with Crippen LogP contribution in [0.5, 0.6) is 0 Å². The highest BCUT2D eigenvalue weighted by Crippen LogP contribution is 2.20. The summed E-state index contributed by atoms with van der Waals surface area (Å²) in [6.07, 6.45) is 0. The van der Waals surface area contributed by atoms with Gasteiger partial charge in [0.2, 0.25) is 15.9 Å². The Morgan fingerprint density at radius 3 is 2.33 bits per heavy atom. The number of anilines is 1. The molecule has 0 saturated carbocycles. The van der Waals surface area contributed by atoms with Crippen molar-refractivity contribution in [3.63, 3.8) is 0 Å². The van der Waals surface area contributed by atoms with E-state index in [1.807, 2.05) is 0 Å². The zero-order valence-electron chi connectivity index (χ0n) is 17.0. The van der Waals surface area contributed by atoms with Gasteiger partial charge in [0.15, 0.2) is 0 Å². The number of hydrogen-bond acceptors (Lipinski definition) is 5. The largest absolute Gasteiger partial charge is 0.379 e. The SMILES string of the molecule is CC(NC(C)c1ccccc1F)C(=O)Nc1ccc(S(=O)(=O)N2CCOCC2)cc1. The van der Waals surface area contributed by atoms with E-state index in [1.54, 1.807) is 44.2 Å². The second kappa shape index (κ2) is 9.65. The molecule has 0 radical (unpaired) electrons. The minimum absolute atomic E-state index is 0.168. The van der Waals surface area contributed by atoms with Crippen LogP contribution in [-0.2, 0) is 19.6 Å². The molecule has 3 rings (SSSR count). The zero-order chi connectivity index (χ0) is 21.7. The number of hydrogen-bond donors (Lipinski definition) is 2. The first-order valence-corrected chi connectivity index (χ1v) is 11.2. The quantitative estimate of drug-likeness (QED) is 0.698. The van der Waals surface area contributed by atoms with Gasteiger partial charge in [-0.1, -0.05) is 18.2 Å². The average Bonchev–Trinajstić information content (AvgIpc) is 2.75. The number of amides is 1. The summed E-state index contributed by atoms with van der Waals surface area (Å²) >= 11 is 0. The molecular formula is C21H26FN3O4S. The fourth-order valence-corrected chi connectivity index (χ4v) is 4.67. The lowest BCUT2D eigenvalue weighted by Crippen LogP contribution is -2.40. The zero-order valence-corrected chi connectivity index (χ0v) is 17.8. The molecule has 9 heteroatoms. The average molecular weight is 436 g/mol. The van der Waals surface area contributed by atoms with Gasteiger partial charge in [0, 0.05) is 30.4 Å². The molecule has 2 aromatic rings. The van der Waals surface area contributed by atoms with Gasteiger partial charge < -0.3 is 10.1 Å². The van der Waals surface area contributed by atoms with Gasteiger partial charge in [0.1, 0.15) is 5.82 Å². The molecule has 1 aliphatic rings. The first-order valence-electron chi connectivity index (χ1n) is 9.78. The van der Waals surface area contributed by atoms with Gasteiger partial charge in [-0.25, -0.2) is 12.8 Å². The number of rotatable bonds is 7. The van der Waals surface area contributed by atoms with Crippen molar-refractivity contribution in [3.8, 4) is 0 Å². The van der Waals surface area contributed by atoms with Gasteiger partial charge >= 0.3 is 0 Å². The Balaban J connectivity index is 1.60. The van der Waals surface area contributed by atoms with E-state index in [1.165, 1.54) is 22.5 Å². The number of morpholine rings is 1. The highest BCUT2D eigenvalue weighted by molar-refractivity contribution is 7.89. The van der Waals surface area contributed by atoms with Gasteiger partial charge in [-0.3, -0.25) is 10.1 Å². The molecule has 2 atom stereocenters.